The molecule has 2 aromatic carbocycles. The molecule has 8 nitrogen and oxygen atoms in total. The molecule has 204 valence electrons. The molecule has 0 radical (unpaired) electrons. The zero-order chi connectivity index (χ0) is 27.7. The van der Waals surface area contributed by atoms with Gasteiger partial charge in [0.1, 0.15) is 0 Å². The number of nitrogens with two attached hydrogens (primary N) is 1. The van der Waals surface area contributed by atoms with Crippen LogP contribution >= 0.6 is 23.4 Å². The van der Waals surface area contributed by atoms with Crippen LogP contribution in [0.4, 0.5) is 13.2 Å². The molecule has 1 aromatic heterocycles. The first-order chi connectivity index (χ1) is 18.6. The monoisotopic (exact) mass is 576 g/mol. The van der Waals surface area contributed by atoms with Crippen molar-refractivity contribution in [2.24, 2.45) is 10.7 Å². The number of rotatable bonds is 4. The summed E-state index contributed by atoms with van der Waals surface area (Å²) in [7, 11) is 0. The quantitative estimate of drug-likeness (QED) is 0.467. The fraction of sp³-hybridized carbons (Fsp3) is 0.308. The lowest BCUT2D eigenvalue weighted by Gasteiger charge is -2.22. The van der Waals surface area contributed by atoms with Crippen LogP contribution in [0.3, 0.4) is 0 Å². The van der Waals surface area contributed by atoms with Crippen molar-refractivity contribution < 1.29 is 22.8 Å². The maximum atomic E-state index is 13.5. The molecule has 0 bridgehead atoms. The second-order valence-electron chi connectivity index (χ2n) is 9.16. The van der Waals surface area contributed by atoms with Crippen LogP contribution in [0.5, 0.6) is 0 Å². The number of carbonyl (C=O) groups is 2. The van der Waals surface area contributed by atoms with Gasteiger partial charge in [-0.25, -0.2) is 0 Å². The fourth-order valence-electron chi connectivity index (χ4n) is 4.60. The molecule has 1 saturated heterocycles. The molecule has 2 amide bonds. The predicted molar refractivity (Wildman–Crippen MR) is 145 cm³/mol. The first kappa shape index (κ1) is 27.2. The van der Waals surface area contributed by atoms with Crippen LogP contribution in [0, 0.1) is 0 Å². The summed E-state index contributed by atoms with van der Waals surface area (Å²) in [6, 6.07) is 9.08. The van der Waals surface area contributed by atoms with Crippen molar-refractivity contribution in [3.63, 3.8) is 0 Å². The standard InChI is InChI=1S/C26H24ClF3N6O2S/c27-19-4-3-17(20(12-19)26(28,29)30)15-36-21-5-2-16(10-18(21)14-32-36)11-22-24(38)33-25(39-22)35-7-1-6-34(8-9-35)23(37)13-31/h2-5,10-12,14H,1,6-9,13,15,31H2. The van der Waals surface area contributed by atoms with E-state index in [-0.39, 0.29) is 35.5 Å². The van der Waals surface area contributed by atoms with Gasteiger partial charge >= 0.3 is 6.18 Å². The Labute approximate surface area is 231 Å². The molecule has 2 aliphatic heterocycles. The van der Waals surface area contributed by atoms with Gasteiger partial charge in [0.15, 0.2) is 5.17 Å². The molecule has 39 heavy (non-hydrogen) atoms. The van der Waals surface area contributed by atoms with E-state index in [1.807, 2.05) is 11.0 Å². The topological polar surface area (TPSA) is 96.8 Å². The summed E-state index contributed by atoms with van der Waals surface area (Å²) in [4.78, 5) is 33.0. The minimum atomic E-state index is -4.54. The van der Waals surface area contributed by atoms with Crippen molar-refractivity contribution in [3.8, 4) is 0 Å². The molecule has 1 fully saturated rings. The molecular weight excluding hydrogens is 553 g/mol. The van der Waals surface area contributed by atoms with Crippen molar-refractivity contribution in [2.75, 3.05) is 32.7 Å². The van der Waals surface area contributed by atoms with Gasteiger partial charge in [0, 0.05) is 36.6 Å². The number of amidine groups is 1. The first-order valence-electron chi connectivity index (χ1n) is 12.2. The van der Waals surface area contributed by atoms with Crippen molar-refractivity contribution in [3.05, 3.63) is 69.2 Å². The molecule has 3 heterocycles. The highest BCUT2D eigenvalue weighted by Crippen LogP contribution is 2.35. The van der Waals surface area contributed by atoms with E-state index in [1.165, 1.54) is 28.6 Å². The summed E-state index contributed by atoms with van der Waals surface area (Å²) < 4.78 is 42.1. The van der Waals surface area contributed by atoms with Crippen LogP contribution < -0.4 is 5.73 Å². The second-order valence-corrected chi connectivity index (χ2v) is 10.6. The summed E-state index contributed by atoms with van der Waals surface area (Å²) >= 11 is 7.08. The molecule has 5 rings (SSSR count). The van der Waals surface area contributed by atoms with Gasteiger partial charge in [-0.05, 0) is 59.7 Å². The third-order valence-electron chi connectivity index (χ3n) is 6.56. The highest BCUT2D eigenvalue weighted by atomic mass is 35.5. The van der Waals surface area contributed by atoms with Crippen LogP contribution in [0.1, 0.15) is 23.1 Å². The summed E-state index contributed by atoms with van der Waals surface area (Å²) in [5.74, 6) is -0.436. The Hall–Kier alpha value is -3.35. The zero-order valence-electron chi connectivity index (χ0n) is 20.6. The lowest BCUT2D eigenvalue weighted by atomic mass is 10.1. The van der Waals surface area contributed by atoms with E-state index < -0.39 is 11.7 Å². The van der Waals surface area contributed by atoms with Crippen LogP contribution in [0.15, 0.2) is 52.5 Å². The van der Waals surface area contributed by atoms with Gasteiger partial charge < -0.3 is 15.5 Å². The third-order valence-corrected chi connectivity index (χ3v) is 7.84. The van der Waals surface area contributed by atoms with Gasteiger partial charge in [0.05, 0.1) is 35.3 Å². The Morgan fingerprint density at radius 3 is 2.72 bits per heavy atom. The first-order valence-corrected chi connectivity index (χ1v) is 13.4. The number of benzene rings is 2. The Balaban J connectivity index is 1.31. The molecule has 0 aliphatic carbocycles. The van der Waals surface area contributed by atoms with Crippen molar-refractivity contribution >= 4 is 57.3 Å². The van der Waals surface area contributed by atoms with Gasteiger partial charge in [-0.3, -0.25) is 14.3 Å². The number of aliphatic imine (C=N–C) groups is 1. The van der Waals surface area contributed by atoms with Gasteiger partial charge in [-0.2, -0.15) is 23.3 Å². The molecule has 0 atom stereocenters. The molecule has 0 saturated carbocycles. The normalized spacial score (nSPS) is 17.7. The Morgan fingerprint density at radius 2 is 1.95 bits per heavy atom. The predicted octanol–water partition coefficient (Wildman–Crippen LogP) is 4.22. The lowest BCUT2D eigenvalue weighted by Crippen LogP contribution is -2.39. The highest BCUT2D eigenvalue weighted by Gasteiger charge is 2.34. The largest absolute Gasteiger partial charge is 0.416 e. The summed E-state index contributed by atoms with van der Waals surface area (Å²) in [6.07, 6.45) is -0.468. The van der Waals surface area contributed by atoms with Crippen molar-refractivity contribution in [1.29, 1.82) is 0 Å². The van der Waals surface area contributed by atoms with Crippen molar-refractivity contribution in [2.45, 2.75) is 19.1 Å². The highest BCUT2D eigenvalue weighted by molar-refractivity contribution is 8.18. The fourth-order valence-corrected chi connectivity index (χ4v) is 5.74. The number of hydrogen-bond acceptors (Lipinski definition) is 6. The number of alkyl halides is 3. The second kappa shape index (κ2) is 11.0. The average Bonchev–Trinajstić information content (AvgIpc) is 3.36. The number of hydrogen-bond donors (Lipinski definition) is 1. The maximum Gasteiger partial charge on any atom is 0.416 e. The Morgan fingerprint density at radius 1 is 1.13 bits per heavy atom. The van der Waals surface area contributed by atoms with E-state index in [2.05, 4.69) is 10.1 Å². The van der Waals surface area contributed by atoms with Crippen LogP contribution in [0.2, 0.25) is 5.02 Å². The molecule has 0 spiro atoms. The van der Waals surface area contributed by atoms with Crippen molar-refractivity contribution in [1.82, 2.24) is 19.6 Å². The number of aromatic nitrogens is 2. The molecule has 13 heteroatoms. The SMILES string of the molecule is NCC(=O)N1CCCN(C2=NC(=O)C(=Cc3ccc4c(cnn4Cc4ccc(Cl)cc4C(F)(F)F)c3)S2)CC1. The average molecular weight is 577 g/mol. The smallest absolute Gasteiger partial charge is 0.349 e. The van der Waals surface area contributed by atoms with E-state index in [1.54, 1.807) is 29.3 Å². The maximum absolute atomic E-state index is 13.5. The van der Waals surface area contributed by atoms with E-state index in [0.717, 1.165) is 23.4 Å². The van der Waals surface area contributed by atoms with Gasteiger partial charge in [-0.1, -0.05) is 23.7 Å². The van der Waals surface area contributed by atoms with Crippen LogP contribution in [0.25, 0.3) is 17.0 Å². The number of fused-ring (bicyclic) bond motifs is 1. The van der Waals surface area contributed by atoms with Crippen LogP contribution in [-0.4, -0.2) is 69.3 Å². The van der Waals surface area contributed by atoms with E-state index in [4.69, 9.17) is 17.3 Å². The zero-order valence-corrected chi connectivity index (χ0v) is 22.2. The molecule has 2 N–H and O–H groups in total. The van der Waals surface area contributed by atoms with Gasteiger partial charge in [0.25, 0.3) is 5.91 Å². The van der Waals surface area contributed by atoms with E-state index >= 15 is 0 Å². The number of thioether (sulfide) groups is 1. The summed E-state index contributed by atoms with van der Waals surface area (Å²) in [6.45, 7) is 2.27. The molecule has 2 aliphatic rings. The minimum absolute atomic E-state index is 0.0139. The minimum Gasteiger partial charge on any atom is -0.349 e. The Kier molecular flexibility index (Phi) is 7.70. The molecule has 3 aromatic rings. The molecule has 0 unspecified atom stereocenters. The van der Waals surface area contributed by atoms with Crippen LogP contribution in [-0.2, 0) is 22.3 Å². The lowest BCUT2D eigenvalue weighted by molar-refractivity contribution is -0.138. The summed E-state index contributed by atoms with van der Waals surface area (Å²) in [5.41, 5.74) is 6.15. The summed E-state index contributed by atoms with van der Waals surface area (Å²) in [5, 5.41) is 5.63. The van der Waals surface area contributed by atoms with Gasteiger partial charge in [0.2, 0.25) is 5.91 Å². The number of nitrogens with zero attached hydrogens (tertiary/aromatic N) is 5. The Bertz CT molecular complexity index is 1500. The third kappa shape index (κ3) is 5.97. The van der Waals surface area contributed by atoms with Gasteiger partial charge in [-0.15, -0.1) is 0 Å². The number of amides is 2. The number of carbonyl (C=O) groups excluding carboxylic acids is 2. The molecular formula is C26H24ClF3N6O2S. The number of halogens is 4. The van der Waals surface area contributed by atoms with E-state index in [9.17, 15) is 22.8 Å². The van der Waals surface area contributed by atoms with E-state index in [0.29, 0.717) is 41.8 Å².